The van der Waals surface area contributed by atoms with Crippen LogP contribution in [0.1, 0.15) is 16.7 Å². The van der Waals surface area contributed by atoms with Crippen molar-refractivity contribution < 1.29 is 0 Å². The SMILES string of the molecule is CN=C(Nc1ccc(N)c(C=N)c1Cl)c1ccccc1C. The van der Waals surface area contributed by atoms with Crippen LogP contribution in [0.15, 0.2) is 41.4 Å². The van der Waals surface area contributed by atoms with E-state index in [0.29, 0.717) is 22.0 Å². The number of benzene rings is 2. The Bertz CT molecular complexity index is 707. The van der Waals surface area contributed by atoms with Gasteiger partial charge in [-0.3, -0.25) is 4.99 Å². The molecule has 108 valence electrons. The third-order valence-corrected chi connectivity index (χ3v) is 3.64. The number of halogens is 1. The van der Waals surface area contributed by atoms with Gasteiger partial charge in [-0.15, -0.1) is 0 Å². The maximum Gasteiger partial charge on any atom is 0.132 e. The van der Waals surface area contributed by atoms with Gasteiger partial charge in [0.25, 0.3) is 0 Å². The van der Waals surface area contributed by atoms with Crippen molar-refractivity contribution in [3.8, 4) is 0 Å². The fraction of sp³-hybridized carbons (Fsp3) is 0.125. The van der Waals surface area contributed by atoms with Gasteiger partial charge >= 0.3 is 0 Å². The fourth-order valence-electron chi connectivity index (χ4n) is 2.06. The molecule has 5 heteroatoms. The topological polar surface area (TPSA) is 74.3 Å². The van der Waals surface area contributed by atoms with E-state index in [-0.39, 0.29) is 0 Å². The monoisotopic (exact) mass is 300 g/mol. The highest BCUT2D eigenvalue weighted by Crippen LogP contribution is 2.29. The lowest BCUT2D eigenvalue weighted by Crippen LogP contribution is -2.15. The Kier molecular flexibility index (Phi) is 4.60. The molecule has 0 fully saturated rings. The Morgan fingerprint density at radius 2 is 2.00 bits per heavy atom. The third-order valence-electron chi connectivity index (χ3n) is 3.23. The predicted molar refractivity (Wildman–Crippen MR) is 91.0 cm³/mol. The van der Waals surface area contributed by atoms with Gasteiger partial charge in [-0.2, -0.15) is 0 Å². The molecule has 0 saturated carbocycles. The molecular weight excluding hydrogens is 284 g/mol. The summed E-state index contributed by atoms with van der Waals surface area (Å²) in [6.07, 6.45) is 1.15. The number of anilines is 2. The van der Waals surface area contributed by atoms with Crippen LogP contribution in [0.4, 0.5) is 11.4 Å². The summed E-state index contributed by atoms with van der Waals surface area (Å²) in [5.74, 6) is 0.718. The molecule has 0 aliphatic rings. The van der Waals surface area contributed by atoms with Crippen molar-refractivity contribution in [2.24, 2.45) is 4.99 Å². The van der Waals surface area contributed by atoms with E-state index < -0.39 is 0 Å². The van der Waals surface area contributed by atoms with Crippen LogP contribution in [0.3, 0.4) is 0 Å². The number of amidine groups is 1. The summed E-state index contributed by atoms with van der Waals surface area (Å²) >= 11 is 6.29. The molecule has 0 aromatic heterocycles. The molecule has 21 heavy (non-hydrogen) atoms. The van der Waals surface area contributed by atoms with Crippen LogP contribution in [-0.4, -0.2) is 19.1 Å². The number of rotatable bonds is 3. The minimum Gasteiger partial charge on any atom is -0.398 e. The molecule has 0 aliphatic heterocycles. The molecule has 2 aromatic rings. The van der Waals surface area contributed by atoms with E-state index in [0.717, 1.165) is 23.2 Å². The number of nitrogens with zero attached hydrogens (tertiary/aromatic N) is 1. The Labute approximate surface area is 129 Å². The van der Waals surface area contributed by atoms with Crippen molar-refractivity contribution in [3.05, 3.63) is 58.1 Å². The van der Waals surface area contributed by atoms with E-state index in [4.69, 9.17) is 22.7 Å². The lowest BCUT2D eigenvalue weighted by atomic mass is 10.1. The standard InChI is InChI=1S/C16H17ClN4/c1-10-5-3-4-6-11(10)16(20-2)21-14-8-7-13(19)12(9-18)15(14)17/h3-9,18H,19H2,1-2H3,(H,20,21). The van der Waals surface area contributed by atoms with E-state index in [2.05, 4.69) is 10.3 Å². The number of aryl methyl sites for hydroxylation is 1. The van der Waals surface area contributed by atoms with Crippen molar-refractivity contribution in [2.75, 3.05) is 18.1 Å². The second-order valence-electron chi connectivity index (χ2n) is 4.59. The first-order chi connectivity index (χ1) is 10.1. The number of nitrogens with one attached hydrogen (secondary N) is 2. The molecule has 0 atom stereocenters. The highest BCUT2D eigenvalue weighted by Gasteiger charge is 2.12. The molecule has 0 heterocycles. The molecular formula is C16H17ClN4. The molecule has 4 N–H and O–H groups in total. The number of hydrogen-bond acceptors (Lipinski definition) is 3. The van der Waals surface area contributed by atoms with Crippen LogP contribution in [0.25, 0.3) is 0 Å². The molecule has 0 unspecified atom stereocenters. The van der Waals surface area contributed by atoms with Crippen LogP contribution in [0, 0.1) is 12.3 Å². The fourth-order valence-corrected chi connectivity index (χ4v) is 2.33. The van der Waals surface area contributed by atoms with Gasteiger partial charge in [-0.1, -0.05) is 35.9 Å². The van der Waals surface area contributed by atoms with Crippen molar-refractivity contribution in [2.45, 2.75) is 6.92 Å². The summed E-state index contributed by atoms with van der Waals surface area (Å²) < 4.78 is 0. The number of aliphatic imine (C=N–C) groups is 1. The van der Waals surface area contributed by atoms with Crippen molar-refractivity contribution in [3.63, 3.8) is 0 Å². The van der Waals surface area contributed by atoms with Crippen LogP contribution in [0.5, 0.6) is 0 Å². The normalized spacial score (nSPS) is 11.3. The molecule has 2 aromatic carbocycles. The Morgan fingerprint density at radius 1 is 1.29 bits per heavy atom. The maximum atomic E-state index is 7.40. The van der Waals surface area contributed by atoms with Gasteiger partial charge in [0, 0.05) is 30.1 Å². The van der Waals surface area contributed by atoms with Crippen LogP contribution in [-0.2, 0) is 0 Å². The lowest BCUT2D eigenvalue weighted by molar-refractivity contribution is 1.37. The zero-order valence-corrected chi connectivity index (χ0v) is 12.7. The summed E-state index contributed by atoms with van der Waals surface area (Å²) in [4.78, 5) is 4.29. The van der Waals surface area contributed by atoms with Crippen molar-refractivity contribution in [1.29, 1.82) is 5.41 Å². The predicted octanol–water partition coefficient (Wildman–Crippen LogP) is 3.72. The van der Waals surface area contributed by atoms with E-state index in [1.54, 1.807) is 19.2 Å². The molecule has 0 radical (unpaired) electrons. The largest absolute Gasteiger partial charge is 0.398 e. The van der Waals surface area contributed by atoms with E-state index in [9.17, 15) is 0 Å². The summed E-state index contributed by atoms with van der Waals surface area (Å²) in [5.41, 5.74) is 9.58. The van der Waals surface area contributed by atoms with E-state index in [1.807, 2.05) is 31.2 Å². The van der Waals surface area contributed by atoms with E-state index in [1.165, 1.54) is 0 Å². The molecule has 0 aliphatic carbocycles. The molecule has 0 amide bonds. The molecule has 0 saturated heterocycles. The molecule has 0 spiro atoms. The quantitative estimate of drug-likeness (QED) is 0.459. The average Bonchev–Trinajstić information content (AvgIpc) is 2.48. The van der Waals surface area contributed by atoms with Crippen LogP contribution >= 0.6 is 11.6 Å². The highest BCUT2D eigenvalue weighted by molar-refractivity contribution is 6.37. The minimum atomic E-state index is 0.416. The van der Waals surface area contributed by atoms with Gasteiger partial charge in [-0.25, -0.2) is 0 Å². The first kappa shape index (κ1) is 15.1. The smallest absolute Gasteiger partial charge is 0.132 e. The summed E-state index contributed by atoms with van der Waals surface area (Å²) in [6, 6.07) is 11.5. The van der Waals surface area contributed by atoms with E-state index >= 15 is 0 Å². The summed E-state index contributed by atoms with van der Waals surface area (Å²) in [6.45, 7) is 2.02. The molecule has 2 rings (SSSR count). The van der Waals surface area contributed by atoms with Gasteiger partial charge in [-0.05, 0) is 24.6 Å². The number of nitrogens with two attached hydrogens (primary N) is 1. The van der Waals surface area contributed by atoms with Crippen LogP contribution < -0.4 is 11.1 Å². The van der Waals surface area contributed by atoms with Crippen LogP contribution in [0.2, 0.25) is 5.02 Å². The zero-order valence-electron chi connectivity index (χ0n) is 11.9. The second kappa shape index (κ2) is 6.41. The van der Waals surface area contributed by atoms with Gasteiger partial charge in [0.2, 0.25) is 0 Å². The van der Waals surface area contributed by atoms with Gasteiger partial charge < -0.3 is 16.5 Å². The minimum absolute atomic E-state index is 0.416. The Morgan fingerprint density at radius 3 is 2.62 bits per heavy atom. The third kappa shape index (κ3) is 3.06. The first-order valence-electron chi connectivity index (χ1n) is 6.46. The Balaban J connectivity index is 2.42. The first-order valence-corrected chi connectivity index (χ1v) is 6.84. The summed E-state index contributed by atoms with van der Waals surface area (Å²) in [7, 11) is 1.72. The maximum absolute atomic E-state index is 7.40. The highest BCUT2D eigenvalue weighted by atomic mass is 35.5. The van der Waals surface area contributed by atoms with Crippen molar-refractivity contribution in [1.82, 2.24) is 0 Å². The number of hydrogen-bond donors (Lipinski definition) is 3. The number of nitrogen functional groups attached to an aromatic ring is 1. The Hall–Kier alpha value is -2.33. The molecule has 4 nitrogen and oxygen atoms in total. The average molecular weight is 301 g/mol. The van der Waals surface area contributed by atoms with Gasteiger partial charge in [0.1, 0.15) is 5.84 Å². The summed E-state index contributed by atoms with van der Waals surface area (Å²) in [5, 5.41) is 11.0. The van der Waals surface area contributed by atoms with Gasteiger partial charge in [0.15, 0.2) is 0 Å². The lowest BCUT2D eigenvalue weighted by Gasteiger charge is -2.15. The molecule has 0 bridgehead atoms. The van der Waals surface area contributed by atoms with Crippen molar-refractivity contribution >= 4 is 35.0 Å². The van der Waals surface area contributed by atoms with Gasteiger partial charge in [0.05, 0.1) is 10.7 Å². The zero-order chi connectivity index (χ0) is 15.4. The second-order valence-corrected chi connectivity index (χ2v) is 4.96.